The van der Waals surface area contributed by atoms with Crippen LogP contribution in [0.2, 0.25) is 0 Å². The fraction of sp³-hybridized carbons (Fsp3) is 0.227. The van der Waals surface area contributed by atoms with E-state index >= 15 is 0 Å². The SMILES string of the molecule is C=C(C)CSc1[nH]c(-c2ccccc2)c(-c2ccccc2)[n+]1CC1CO1.[O-][Cl+3]([O-])([O-])[O-]. The third-order valence-corrected chi connectivity index (χ3v) is 5.57. The van der Waals surface area contributed by atoms with Gasteiger partial charge in [0.2, 0.25) is 0 Å². The molecule has 2 aromatic carbocycles. The second kappa shape index (κ2) is 10.4. The van der Waals surface area contributed by atoms with E-state index in [0.29, 0.717) is 6.10 Å². The van der Waals surface area contributed by atoms with Crippen LogP contribution in [0.15, 0.2) is 78.0 Å². The van der Waals surface area contributed by atoms with Gasteiger partial charge < -0.3 is 4.74 Å². The lowest BCUT2D eigenvalue weighted by Gasteiger charge is -2.17. The number of halogens is 1. The fourth-order valence-electron chi connectivity index (χ4n) is 3.04. The molecule has 7 nitrogen and oxygen atoms in total. The maximum absolute atomic E-state index is 8.49. The third-order valence-electron chi connectivity index (χ3n) is 4.34. The van der Waals surface area contributed by atoms with Gasteiger partial charge in [0.25, 0.3) is 0 Å². The molecule has 0 aliphatic carbocycles. The highest BCUT2D eigenvalue weighted by atomic mass is 35.7. The molecule has 1 atom stereocenters. The van der Waals surface area contributed by atoms with Crippen molar-refractivity contribution in [2.75, 3.05) is 12.4 Å². The Bertz CT molecular complexity index is 996. The Morgan fingerprint density at radius 3 is 2.06 bits per heavy atom. The Morgan fingerprint density at radius 1 is 1.06 bits per heavy atom. The Labute approximate surface area is 187 Å². The van der Waals surface area contributed by atoms with E-state index in [1.165, 1.54) is 22.4 Å². The number of imidazole rings is 1. The van der Waals surface area contributed by atoms with Gasteiger partial charge in [-0.15, -0.1) is 10.2 Å². The summed E-state index contributed by atoms with van der Waals surface area (Å²) in [7, 11) is -4.94. The van der Waals surface area contributed by atoms with Gasteiger partial charge in [-0.05, 0) is 18.7 Å². The summed E-state index contributed by atoms with van der Waals surface area (Å²) in [5, 5.41) is 1.15. The first kappa shape index (κ1) is 23.5. The molecule has 0 spiro atoms. The number of aromatic amines is 1. The summed E-state index contributed by atoms with van der Waals surface area (Å²) in [4.78, 5) is 3.68. The summed E-state index contributed by atoms with van der Waals surface area (Å²) in [6, 6.07) is 21.1. The second-order valence-electron chi connectivity index (χ2n) is 7.08. The Kier molecular flexibility index (Phi) is 7.90. The first-order valence-corrected chi connectivity index (χ1v) is 11.7. The van der Waals surface area contributed by atoms with E-state index in [2.05, 4.69) is 83.7 Å². The van der Waals surface area contributed by atoms with Crippen LogP contribution in [0.4, 0.5) is 0 Å². The Morgan fingerprint density at radius 2 is 1.58 bits per heavy atom. The number of hydrogen-bond donors (Lipinski definition) is 1. The van der Waals surface area contributed by atoms with E-state index < -0.39 is 10.2 Å². The molecule has 2 heterocycles. The van der Waals surface area contributed by atoms with E-state index in [4.69, 9.17) is 23.4 Å². The number of aromatic nitrogens is 2. The lowest BCUT2D eigenvalue weighted by Crippen LogP contribution is -2.68. The summed E-state index contributed by atoms with van der Waals surface area (Å²) >= 11 is 1.80. The number of hydrogen-bond acceptors (Lipinski definition) is 6. The van der Waals surface area contributed by atoms with Crippen LogP contribution < -0.4 is 23.2 Å². The molecule has 0 saturated carbocycles. The molecule has 31 heavy (non-hydrogen) atoms. The summed E-state index contributed by atoms with van der Waals surface area (Å²) in [5.41, 5.74) is 5.95. The van der Waals surface area contributed by atoms with Crippen molar-refractivity contribution in [1.29, 1.82) is 0 Å². The number of nitrogens with zero attached hydrogens (tertiary/aromatic N) is 1. The summed E-state index contributed by atoms with van der Waals surface area (Å²) in [6.45, 7) is 7.83. The van der Waals surface area contributed by atoms with Crippen LogP contribution in [0.25, 0.3) is 22.5 Å². The van der Waals surface area contributed by atoms with Crippen molar-refractivity contribution >= 4 is 11.8 Å². The zero-order valence-electron chi connectivity index (χ0n) is 17.0. The molecule has 4 rings (SSSR count). The van der Waals surface area contributed by atoms with Gasteiger partial charge in [0, 0.05) is 16.9 Å². The quantitative estimate of drug-likeness (QED) is 0.227. The van der Waals surface area contributed by atoms with Crippen molar-refractivity contribution in [3.63, 3.8) is 0 Å². The third kappa shape index (κ3) is 7.48. The lowest BCUT2D eigenvalue weighted by molar-refractivity contribution is -2.00. The van der Waals surface area contributed by atoms with E-state index in [-0.39, 0.29) is 0 Å². The molecule has 164 valence electrons. The van der Waals surface area contributed by atoms with E-state index in [1.54, 1.807) is 11.8 Å². The molecular formula is C22H23ClN2O5S. The van der Waals surface area contributed by atoms with E-state index in [1.807, 2.05) is 0 Å². The number of ether oxygens (including phenoxy) is 1. The number of rotatable bonds is 7. The predicted molar refractivity (Wildman–Crippen MR) is 107 cm³/mol. The van der Waals surface area contributed by atoms with Gasteiger partial charge in [0.05, 0.1) is 6.61 Å². The Balaban J connectivity index is 0.000000491. The van der Waals surface area contributed by atoms with Crippen molar-refractivity contribution in [3.05, 3.63) is 72.8 Å². The maximum Gasteiger partial charge on any atom is 0.317 e. The minimum absolute atomic E-state index is 0.311. The standard InChI is InChI=1S/C22H22N2OS.ClHO4/c1-16(2)15-26-22-23-20(17-9-5-3-6-10-17)21(18-11-7-4-8-12-18)24(22)13-19-14-25-19;2-1(3,4)5/h3-12,19H,1,13-15H2,2H3;(H,2,3,4,5). The van der Waals surface area contributed by atoms with Crippen LogP contribution in [0.3, 0.4) is 0 Å². The van der Waals surface area contributed by atoms with Gasteiger partial charge in [0.15, 0.2) is 11.4 Å². The zero-order valence-corrected chi connectivity index (χ0v) is 18.5. The molecule has 1 unspecified atom stereocenters. The molecule has 0 radical (unpaired) electrons. The number of thioether (sulfide) groups is 1. The van der Waals surface area contributed by atoms with Crippen molar-refractivity contribution in [2.45, 2.75) is 24.7 Å². The molecular weight excluding hydrogens is 440 g/mol. The zero-order chi connectivity index (χ0) is 22.4. The monoisotopic (exact) mass is 462 g/mol. The molecule has 0 bridgehead atoms. The average Bonchev–Trinajstić information content (AvgIpc) is 3.46. The summed E-state index contributed by atoms with van der Waals surface area (Å²) < 4.78 is 41.9. The minimum Gasteiger partial charge on any atom is -0.369 e. The van der Waals surface area contributed by atoms with Gasteiger partial charge in [-0.1, -0.05) is 72.8 Å². The van der Waals surface area contributed by atoms with E-state index in [0.717, 1.165) is 29.8 Å². The van der Waals surface area contributed by atoms with Gasteiger partial charge >= 0.3 is 5.16 Å². The molecule has 1 saturated heterocycles. The summed E-state index contributed by atoms with van der Waals surface area (Å²) in [6.07, 6.45) is 0.311. The molecule has 1 aromatic heterocycles. The molecule has 3 aromatic rings. The van der Waals surface area contributed by atoms with Gasteiger partial charge in [-0.3, -0.25) is 0 Å². The first-order chi connectivity index (χ1) is 14.7. The van der Waals surface area contributed by atoms with Crippen LogP contribution in [-0.2, 0) is 11.3 Å². The highest BCUT2D eigenvalue weighted by molar-refractivity contribution is 7.99. The average molecular weight is 463 g/mol. The number of H-pyrrole nitrogens is 1. The lowest BCUT2D eigenvalue weighted by atomic mass is 10.0. The van der Waals surface area contributed by atoms with Crippen LogP contribution in [0.1, 0.15) is 6.92 Å². The second-order valence-corrected chi connectivity index (χ2v) is 8.80. The topological polar surface area (TPSA) is 124 Å². The molecule has 1 N–H and O–H groups in total. The van der Waals surface area contributed by atoms with Crippen molar-refractivity contribution in [1.82, 2.24) is 4.98 Å². The maximum atomic E-state index is 8.49. The highest BCUT2D eigenvalue weighted by Gasteiger charge is 2.33. The molecule has 9 heteroatoms. The van der Waals surface area contributed by atoms with Crippen LogP contribution in [0.5, 0.6) is 0 Å². The smallest absolute Gasteiger partial charge is 0.317 e. The van der Waals surface area contributed by atoms with Crippen LogP contribution >= 0.6 is 11.8 Å². The van der Waals surface area contributed by atoms with Gasteiger partial charge in [0.1, 0.15) is 12.6 Å². The largest absolute Gasteiger partial charge is 0.369 e. The molecule has 1 aliphatic heterocycles. The normalized spacial score (nSPS) is 15.2. The van der Waals surface area contributed by atoms with E-state index in [9.17, 15) is 0 Å². The van der Waals surface area contributed by atoms with Gasteiger partial charge in [-0.2, -0.15) is 0 Å². The fourth-order valence-corrected chi connectivity index (χ4v) is 3.92. The van der Waals surface area contributed by atoms with Crippen molar-refractivity contribution < 1.29 is 38.2 Å². The van der Waals surface area contributed by atoms with Crippen molar-refractivity contribution in [3.8, 4) is 22.5 Å². The summed E-state index contributed by atoms with van der Waals surface area (Å²) in [5.74, 6) is 0.897. The van der Waals surface area contributed by atoms with Crippen molar-refractivity contribution in [2.24, 2.45) is 0 Å². The number of nitrogens with one attached hydrogen (secondary N) is 1. The minimum atomic E-state index is -4.94. The number of epoxide rings is 1. The number of benzene rings is 2. The first-order valence-electron chi connectivity index (χ1n) is 9.49. The highest BCUT2D eigenvalue weighted by Crippen LogP contribution is 2.32. The van der Waals surface area contributed by atoms with Crippen LogP contribution in [-0.4, -0.2) is 23.4 Å². The molecule has 0 amide bonds. The van der Waals surface area contributed by atoms with Crippen LogP contribution in [0, 0.1) is 10.2 Å². The van der Waals surface area contributed by atoms with Gasteiger partial charge in [-0.25, -0.2) is 28.2 Å². The molecule has 1 aliphatic rings. The Hall–Kier alpha value is -2.17. The molecule has 1 fully saturated rings. The predicted octanol–water partition coefficient (Wildman–Crippen LogP) is -0.0528.